The smallest absolute Gasteiger partial charge is 0.185 e. The number of hydrogen-bond donors (Lipinski definition) is 3. The molecular formula is C15H22N6O. The van der Waals surface area contributed by atoms with Crippen molar-refractivity contribution in [2.75, 3.05) is 37.8 Å². The number of likely N-dealkylation sites (N-methyl/N-ethyl adjacent to an activating group) is 1. The molecule has 4 heterocycles. The third kappa shape index (κ3) is 2.30. The Labute approximate surface area is 129 Å². The molecule has 0 aromatic carbocycles. The summed E-state index contributed by atoms with van der Waals surface area (Å²) in [5, 5.41) is 11.6. The van der Waals surface area contributed by atoms with E-state index in [0.717, 1.165) is 56.7 Å². The SMILES string of the molecule is CN1CCc2c(c(NCC3CCCO3)nc3n[nH]c(N)c23)C1. The van der Waals surface area contributed by atoms with Crippen LogP contribution in [-0.4, -0.2) is 52.9 Å². The number of nitrogens with two attached hydrogens (primary N) is 1. The Balaban J connectivity index is 1.71. The van der Waals surface area contributed by atoms with E-state index in [0.29, 0.717) is 17.6 Å². The van der Waals surface area contributed by atoms with Gasteiger partial charge in [0, 0.05) is 31.8 Å². The normalized spacial score (nSPS) is 22.1. The summed E-state index contributed by atoms with van der Waals surface area (Å²) in [5.41, 5.74) is 9.28. The van der Waals surface area contributed by atoms with E-state index in [-0.39, 0.29) is 0 Å². The monoisotopic (exact) mass is 302 g/mol. The van der Waals surface area contributed by atoms with Gasteiger partial charge in [0.1, 0.15) is 11.6 Å². The van der Waals surface area contributed by atoms with Crippen LogP contribution in [0.2, 0.25) is 0 Å². The lowest BCUT2D eigenvalue weighted by Gasteiger charge is -2.27. The Hall–Kier alpha value is -1.86. The van der Waals surface area contributed by atoms with E-state index in [2.05, 4.69) is 32.4 Å². The van der Waals surface area contributed by atoms with Gasteiger partial charge in [0.15, 0.2) is 5.65 Å². The van der Waals surface area contributed by atoms with Crippen LogP contribution in [0.3, 0.4) is 0 Å². The fourth-order valence-corrected chi connectivity index (χ4v) is 3.45. The first-order valence-corrected chi connectivity index (χ1v) is 7.91. The number of aromatic nitrogens is 3. The number of rotatable bonds is 3. The number of nitrogens with zero attached hydrogens (tertiary/aromatic N) is 3. The van der Waals surface area contributed by atoms with Gasteiger partial charge in [0.05, 0.1) is 11.5 Å². The highest BCUT2D eigenvalue weighted by Gasteiger charge is 2.24. The first kappa shape index (κ1) is 13.8. The summed E-state index contributed by atoms with van der Waals surface area (Å²) in [6, 6.07) is 0. The van der Waals surface area contributed by atoms with Crippen LogP contribution in [-0.2, 0) is 17.7 Å². The van der Waals surface area contributed by atoms with E-state index in [1.54, 1.807) is 0 Å². The zero-order chi connectivity index (χ0) is 15.1. The predicted octanol–water partition coefficient (Wildman–Crippen LogP) is 1.12. The molecule has 2 aromatic heterocycles. The van der Waals surface area contributed by atoms with Gasteiger partial charge in [-0.25, -0.2) is 4.98 Å². The molecule has 118 valence electrons. The van der Waals surface area contributed by atoms with Crippen LogP contribution in [0.25, 0.3) is 11.0 Å². The molecule has 1 fully saturated rings. The third-order valence-corrected chi connectivity index (χ3v) is 4.64. The molecule has 7 heteroatoms. The van der Waals surface area contributed by atoms with Crippen molar-refractivity contribution >= 4 is 22.7 Å². The van der Waals surface area contributed by atoms with E-state index >= 15 is 0 Å². The van der Waals surface area contributed by atoms with Crippen LogP contribution >= 0.6 is 0 Å². The van der Waals surface area contributed by atoms with E-state index in [1.165, 1.54) is 11.1 Å². The molecule has 1 saturated heterocycles. The molecule has 7 nitrogen and oxygen atoms in total. The van der Waals surface area contributed by atoms with E-state index < -0.39 is 0 Å². The zero-order valence-corrected chi connectivity index (χ0v) is 12.9. The first-order chi connectivity index (χ1) is 10.7. The van der Waals surface area contributed by atoms with Gasteiger partial charge in [-0.05, 0) is 31.9 Å². The highest BCUT2D eigenvalue weighted by atomic mass is 16.5. The highest BCUT2D eigenvalue weighted by molar-refractivity contribution is 5.92. The average Bonchev–Trinajstić information content (AvgIpc) is 3.15. The molecule has 2 aromatic rings. The second-order valence-corrected chi connectivity index (χ2v) is 6.26. The lowest BCUT2D eigenvalue weighted by atomic mass is 9.97. The van der Waals surface area contributed by atoms with Crippen molar-refractivity contribution in [1.29, 1.82) is 0 Å². The van der Waals surface area contributed by atoms with E-state index in [1.807, 2.05) is 0 Å². The minimum atomic E-state index is 0.290. The Morgan fingerprint density at radius 1 is 1.45 bits per heavy atom. The molecular weight excluding hydrogens is 280 g/mol. The summed E-state index contributed by atoms with van der Waals surface area (Å²) in [5.74, 6) is 1.55. The fourth-order valence-electron chi connectivity index (χ4n) is 3.45. The largest absolute Gasteiger partial charge is 0.384 e. The second-order valence-electron chi connectivity index (χ2n) is 6.26. The maximum atomic E-state index is 6.05. The molecule has 0 bridgehead atoms. The second kappa shape index (κ2) is 5.40. The Kier molecular flexibility index (Phi) is 3.38. The number of H-pyrrole nitrogens is 1. The van der Waals surface area contributed by atoms with Gasteiger partial charge in [0.25, 0.3) is 0 Å². The first-order valence-electron chi connectivity index (χ1n) is 7.91. The van der Waals surface area contributed by atoms with Crippen LogP contribution in [0, 0.1) is 0 Å². The molecule has 22 heavy (non-hydrogen) atoms. The molecule has 0 aliphatic carbocycles. The number of nitrogens with one attached hydrogen (secondary N) is 2. The maximum Gasteiger partial charge on any atom is 0.185 e. The van der Waals surface area contributed by atoms with Crippen molar-refractivity contribution in [2.24, 2.45) is 0 Å². The summed E-state index contributed by atoms with van der Waals surface area (Å²) in [7, 11) is 2.13. The molecule has 0 radical (unpaired) electrons. The molecule has 0 saturated carbocycles. The molecule has 1 atom stereocenters. The lowest BCUT2D eigenvalue weighted by molar-refractivity contribution is 0.120. The quantitative estimate of drug-likeness (QED) is 0.787. The number of fused-ring (bicyclic) bond motifs is 3. The summed E-state index contributed by atoms with van der Waals surface area (Å²) < 4.78 is 5.69. The molecule has 2 aliphatic heterocycles. The van der Waals surface area contributed by atoms with Crippen LogP contribution in [0.15, 0.2) is 0 Å². The van der Waals surface area contributed by atoms with Gasteiger partial charge in [-0.1, -0.05) is 0 Å². The van der Waals surface area contributed by atoms with E-state index in [4.69, 9.17) is 10.5 Å². The van der Waals surface area contributed by atoms with Crippen molar-refractivity contribution in [2.45, 2.75) is 31.9 Å². The Morgan fingerprint density at radius 2 is 2.36 bits per heavy atom. The van der Waals surface area contributed by atoms with Gasteiger partial charge in [-0.3, -0.25) is 5.10 Å². The third-order valence-electron chi connectivity index (χ3n) is 4.64. The number of ether oxygens (including phenoxy) is 1. The molecule has 1 unspecified atom stereocenters. The van der Waals surface area contributed by atoms with Crippen LogP contribution < -0.4 is 11.1 Å². The minimum absolute atomic E-state index is 0.290. The van der Waals surface area contributed by atoms with E-state index in [9.17, 15) is 0 Å². The lowest BCUT2D eigenvalue weighted by Crippen LogP contribution is -2.29. The highest BCUT2D eigenvalue weighted by Crippen LogP contribution is 2.33. The van der Waals surface area contributed by atoms with Crippen molar-refractivity contribution in [3.63, 3.8) is 0 Å². The summed E-state index contributed by atoms with van der Waals surface area (Å²) in [4.78, 5) is 7.00. The van der Waals surface area contributed by atoms with Crippen molar-refractivity contribution in [1.82, 2.24) is 20.1 Å². The molecule has 0 amide bonds. The summed E-state index contributed by atoms with van der Waals surface area (Å²) >= 11 is 0. The van der Waals surface area contributed by atoms with Gasteiger partial charge < -0.3 is 20.7 Å². The van der Waals surface area contributed by atoms with Gasteiger partial charge in [0.2, 0.25) is 0 Å². The summed E-state index contributed by atoms with van der Waals surface area (Å²) in [6.07, 6.45) is 3.53. The number of hydrogen-bond acceptors (Lipinski definition) is 6. The molecule has 0 spiro atoms. The number of anilines is 2. The predicted molar refractivity (Wildman–Crippen MR) is 85.8 cm³/mol. The van der Waals surface area contributed by atoms with Gasteiger partial charge in [-0.15, -0.1) is 0 Å². The Bertz CT molecular complexity index is 691. The summed E-state index contributed by atoms with van der Waals surface area (Å²) in [6.45, 7) is 3.59. The zero-order valence-electron chi connectivity index (χ0n) is 12.9. The van der Waals surface area contributed by atoms with Crippen molar-refractivity contribution in [3.8, 4) is 0 Å². The maximum absolute atomic E-state index is 6.05. The topological polar surface area (TPSA) is 92.1 Å². The number of nitrogen functional groups attached to an aromatic ring is 1. The van der Waals surface area contributed by atoms with Crippen molar-refractivity contribution < 1.29 is 4.74 Å². The number of aromatic amines is 1. The Morgan fingerprint density at radius 3 is 3.18 bits per heavy atom. The molecule has 4 N–H and O–H groups in total. The van der Waals surface area contributed by atoms with Gasteiger partial charge in [-0.2, -0.15) is 5.10 Å². The minimum Gasteiger partial charge on any atom is -0.384 e. The fraction of sp³-hybridized carbons (Fsp3) is 0.600. The van der Waals surface area contributed by atoms with Crippen LogP contribution in [0.1, 0.15) is 24.0 Å². The molecule has 2 aliphatic rings. The van der Waals surface area contributed by atoms with Crippen molar-refractivity contribution in [3.05, 3.63) is 11.1 Å². The standard InChI is InChI=1S/C15H22N6O/c1-21-5-4-10-11(8-21)14(17-7-9-3-2-6-22-9)18-15-12(10)13(16)19-20-15/h9H,2-8H2,1H3,(H4,16,17,18,19,20). The van der Waals surface area contributed by atoms with Gasteiger partial charge >= 0.3 is 0 Å². The average molecular weight is 302 g/mol. The van der Waals surface area contributed by atoms with Crippen LogP contribution in [0.5, 0.6) is 0 Å². The van der Waals surface area contributed by atoms with Crippen LogP contribution in [0.4, 0.5) is 11.6 Å². The molecule has 4 rings (SSSR count). The number of pyridine rings is 1.